The van der Waals surface area contributed by atoms with E-state index in [1.807, 2.05) is 0 Å². The van der Waals surface area contributed by atoms with Crippen LogP contribution in [0.4, 0.5) is 0 Å². The van der Waals surface area contributed by atoms with Gasteiger partial charge in [-0.3, -0.25) is 4.79 Å². The first kappa shape index (κ1) is 25.6. The zero-order valence-electron chi connectivity index (χ0n) is 7.91. The maximum Gasteiger partial charge on any atom is 3.00 e. The van der Waals surface area contributed by atoms with Crippen molar-refractivity contribution in [3.8, 4) is 0 Å². The van der Waals surface area contributed by atoms with Crippen LogP contribution in [-0.2, 0) is 27.0 Å². The van der Waals surface area contributed by atoms with Crippen molar-refractivity contribution in [2.24, 2.45) is 0 Å². The van der Waals surface area contributed by atoms with E-state index in [0.29, 0.717) is 0 Å². The fourth-order valence-corrected chi connectivity index (χ4v) is 0. The van der Waals surface area contributed by atoms with Crippen molar-refractivity contribution in [2.75, 3.05) is 17.3 Å². The van der Waals surface area contributed by atoms with Gasteiger partial charge in [-0.2, -0.15) is 25.3 Å². The molecule has 1 radical (unpaired) electrons. The summed E-state index contributed by atoms with van der Waals surface area (Å²) in [5.41, 5.74) is 0. The molecule has 0 aromatic rings. The van der Waals surface area contributed by atoms with Gasteiger partial charge in [0.25, 0.3) is 0 Å². The molecule has 0 aliphatic heterocycles. The molecule has 0 amide bonds. The molecule has 0 fully saturated rings. The molecule has 0 aromatic carbocycles. The second-order valence-corrected chi connectivity index (χ2v) is 2.52. The van der Waals surface area contributed by atoms with Gasteiger partial charge in [0.05, 0.1) is 11.7 Å². The maximum atomic E-state index is 9.29. The van der Waals surface area contributed by atoms with Crippen LogP contribution in [0.1, 0.15) is 0 Å². The summed E-state index contributed by atoms with van der Waals surface area (Å²) in [6, 6.07) is 0. The van der Waals surface area contributed by atoms with Gasteiger partial charge in [-0.25, -0.2) is 0 Å². The van der Waals surface area contributed by atoms with E-state index in [4.69, 9.17) is 15.0 Å². The number of carboxylic acids is 3. The van der Waals surface area contributed by atoms with Crippen LogP contribution < -0.4 is 10.2 Å². The van der Waals surface area contributed by atoms with E-state index in [-0.39, 0.29) is 58.1 Å². The van der Waals surface area contributed by atoms with Crippen LogP contribution in [0.5, 0.6) is 0 Å². The molecule has 0 heterocycles. The minimum absolute atomic E-state index is 0. The Morgan fingerprint density at radius 3 is 1.25 bits per heavy atom. The molecule has 0 saturated heterocycles. The van der Waals surface area contributed by atoms with Gasteiger partial charge >= 0.3 is 46.8 Å². The summed E-state index contributed by atoms with van der Waals surface area (Å²) in [7, 11) is 0. The third-order valence-corrected chi connectivity index (χ3v) is 1.15. The molecule has 0 rings (SSSR count). The number of carboxylic acid groups (broad SMARTS) is 3. The van der Waals surface area contributed by atoms with Crippen LogP contribution >= 0.6 is 25.3 Å². The molecule has 0 spiro atoms. The van der Waals surface area contributed by atoms with Gasteiger partial charge in [0.1, 0.15) is 0 Å². The Morgan fingerprint density at radius 2 is 1.25 bits per heavy atom. The molecule has 0 atom stereocenters. The summed E-state index contributed by atoms with van der Waals surface area (Å²) in [6.45, 7) is 0. The van der Waals surface area contributed by atoms with Crippen LogP contribution in [-0.4, -0.2) is 40.3 Å². The summed E-state index contributed by atoms with van der Waals surface area (Å²) in [5, 5.41) is 26.0. The van der Waals surface area contributed by atoms with Gasteiger partial charge in [-0.15, -0.1) is 5.75 Å². The Kier molecular flexibility index (Phi) is 33.8. The van der Waals surface area contributed by atoms with Gasteiger partial charge in [0.15, 0.2) is 0 Å². The molecule has 0 bridgehead atoms. The molecule has 0 saturated carbocycles. The Hall–Kier alpha value is 0.811. The van der Waals surface area contributed by atoms with E-state index in [0.717, 1.165) is 0 Å². The SMILES string of the molecule is O=C(O)CS.O=C([O-])CS.O=C([O-])C[S-].[Nd+3]. The summed E-state index contributed by atoms with van der Waals surface area (Å²) in [5.74, 6) is -3.78. The van der Waals surface area contributed by atoms with Crippen LogP contribution in [0.3, 0.4) is 0 Å². The summed E-state index contributed by atoms with van der Waals surface area (Å²) in [6.07, 6.45) is 0. The van der Waals surface area contributed by atoms with Crippen LogP contribution in [0.25, 0.3) is 0 Å². The van der Waals surface area contributed by atoms with Crippen molar-refractivity contribution in [1.29, 1.82) is 0 Å². The summed E-state index contributed by atoms with van der Waals surface area (Å²) in [4.78, 5) is 27.6. The number of aliphatic carboxylic acids is 3. The molecule has 91 valence electrons. The van der Waals surface area contributed by atoms with Crippen molar-refractivity contribution in [3.63, 3.8) is 0 Å². The number of hydrogen-bond acceptors (Lipinski definition) is 8. The normalized spacial score (nSPS) is 6.94. The monoisotopic (exact) mass is 415 g/mol. The molecule has 10 heteroatoms. The predicted octanol–water partition coefficient (Wildman–Crippen LogP) is -3.05. The standard InChI is InChI=1S/3C2H4O2S.Nd/c3*3-2(4)1-5;/h3*5H,1H2,(H,3,4);/q;;;+3/p-3. The van der Waals surface area contributed by atoms with Crippen molar-refractivity contribution < 1.29 is 70.5 Å². The number of carbonyl (C=O) groups is 3. The largest absolute Gasteiger partial charge is 3.00 e. The van der Waals surface area contributed by atoms with Crippen molar-refractivity contribution in [3.05, 3.63) is 0 Å². The fraction of sp³-hybridized carbons (Fsp3) is 0.500. The zero-order chi connectivity index (χ0) is 12.9. The molecule has 0 aromatic heterocycles. The van der Waals surface area contributed by atoms with Crippen molar-refractivity contribution in [1.82, 2.24) is 0 Å². The number of rotatable bonds is 3. The molecule has 0 aliphatic carbocycles. The quantitative estimate of drug-likeness (QED) is 0.330. The first-order valence-electron chi connectivity index (χ1n) is 3.23. The first-order chi connectivity index (χ1) is 6.81. The Bertz CT molecular complexity index is 167. The Labute approximate surface area is 142 Å². The van der Waals surface area contributed by atoms with Gasteiger partial charge in [0, 0.05) is 11.7 Å². The third kappa shape index (κ3) is 60.9. The number of hydrogen-bond donors (Lipinski definition) is 3. The van der Waals surface area contributed by atoms with Gasteiger partial charge < -0.3 is 37.5 Å². The van der Waals surface area contributed by atoms with E-state index < -0.39 is 17.9 Å². The Balaban J connectivity index is -0.0000000655. The van der Waals surface area contributed by atoms with E-state index in [1.165, 1.54) is 0 Å². The molecule has 0 unspecified atom stereocenters. The molecule has 16 heavy (non-hydrogen) atoms. The molecular weight excluding hydrogens is 409 g/mol. The summed E-state index contributed by atoms with van der Waals surface area (Å²) < 4.78 is 0. The van der Waals surface area contributed by atoms with Crippen LogP contribution in [0, 0.1) is 40.8 Å². The van der Waals surface area contributed by atoms with Gasteiger partial charge in [0.2, 0.25) is 0 Å². The first-order valence-corrected chi connectivity index (χ1v) is 5.07. The average Bonchev–Trinajstić information content (AvgIpc) is 2.19. The minimum Gasteiger partial charge on any atom is -0.787 e. The zero-order valence-corrected chi connectivity index (χ0v) is 13.7. The average molecular weight is 418 g/mol. The maximum absolute atomic E-state index is 9.29. The third-order valence-electron chi connectivity index (χ3n) is 0.382. The second-order valence-electron chi connectivity index (χ2n) is 1.60. The topological polar surface area (TPSA) is 118 Å². The molecule has 1 N–H and O–H groups in total. The fourth-order valence-electron chi connectivity index (χ4n) is 0. The van der Waals surface area contributed by atoms with Crippen LogP contribution in [0.2, 0.25) is 0 Å². The molecule has 6 nitrogen and oxygen atoms in total. The van der Waals surface area contributed by atoms with E-state index >= 15 is 0 Å². The smallest absolute Gasteiger partial charge is 0.787 e. The number of thiol groups is 2. The Morgan fingerprint density at radius 1 is 1.06 bits per heavy atom. The summed E-state index contributed by atoms with van der Waals surface area (Å²) >= 11 is 10.8. The van der Waals surface area contributed by atoms with Gasteiger partial charge in [-0.1, -0.05) is 0 Å². The van der Waals surface area contributed by atoms with Crippen molar-refractivity contribution in [2.45, 2.75) is 0 Å². The van der Waals surface area contributed by atoms with E-state index in [2.05, 4.69) is 37.9 Å². The molecular formula is C6H9NdO6S3. The minimum atomic E-state index is -1.18. The number of carbonyl (C=O) groups excluding carboxylic acids is 2. The van der Waals surface area contributed by atoms with E-state index in [1.54, 1.807) is 0 Å². The van der Waals surface area contributed by atoms with Crippen molar-refractivity contribution >= 4 is 55.8 Å². The second kappa shape index (κ2) is 21.1. The van der Waals surface area contributed by atoms with Crippen LogP contribution in [0.15, 0.2) is 0 Å². The van der Waals surface area contributed by atoms with Gasteiger partial charge in [-0.05, 0) is 0 Å². The molecule has 0 aliphatic rings. The van der Waals surface area contributed by atoms with E-state index in [9.17, 15) is 14.7 Å². The predicted molar refractivity (Wildman–Crippen MR) is 57.6 cm³/mol.